The van der Waals surface area contributed by atoms with Crippen molar-refractivity contribution >= 4 is 0 Å². The molecule has 1 aromatic rings. The maximum Gasteiger partial charge on any atom is 0.122 e. The van der Waals surface area contributed by atoms with Gasteiger partial charge in [0.2, 0.25) is 0 Å². The van der Waals surface area contributed by atoms with E-state index >= 15 is 0 Å². The summed E-state index contributed by atoms with van der Waals surface area (Å²) in [5, 5.41) is 12.7. The number of aliphatic hydroxyl groups is 1. The Kier molecular flexibility index (Phi) is 5.89. The van der Waals surface area contributed by atoms with E-state index in [0.29, 0.717) is 12.5 Å². The molecule has 0 saturated carbocycles. The molecule has 0 aliphatic carbocycles. The van der Waals surface area contributed by atoms with Gasteiger partial charge in [-0.25, -0.2) is 0 Å². The molecule has 1 aromatic carbocycles. The van der Waals surface area contributed by atoms with Crippen molar-refractivity contribution in [3.63, 3.8) is 0 Å². The fourth-order valence-corrected chi connectivity index (χ4v) is 3.48. The van der Waals surface area contributed by atoms with Crippen LogP contribution >= 0.6 is 0 Å². The van der Waals surface area contributed by atoms with E-state index in [1.165, 1.54) is 5.56 Å². The zero-order valence-electron chi connectivity index (χ0n) is 13.6. The fourth-order valence-electron chi connectivity index (χ4n) is 3.48. The van der Waals surface area contributed by atoms with Crippen LogP contribution in [-0.2, 0) is 9.47 Å². The van der Waals surface area contributed by atoms with Crippen LogP contribution < -0.4 is 10.1 Å². The average Bonchev–Trinajstić information content (AvgIpc) is 2.61. The van der Waals surface area contributed by atoms with Crippen molar-refractivity contribution in [2.75, 3.05) is 46.1 Å². The predicted octanol–water partition coefficient (Wildman–Crippen LogP) is 1.70. The third-order valence-electron chi connectivity index (χ3n) is 4.82. The van der Waals surface area contributed by atoms with Crippen molar-refractivity contribution in [3.05, 3.63) is 29.8 Å². The predicted molar refractivity (Wildman–Crippen MR) is 88.0 cm³/mol. The van der Waals surface area contributed by atoms with Gasteiger partial charge in [0.1, 0.15) is 5.75 Å². The van der Waals surface area contributed by atoms with E-state index in [2.05, 4.69) is 17.4 Å². The molecule has 5 heteroatoms. The molecule has 1 saturated heterocycles. The molecule has 2 aliphatic rings. The van der Waals surface area contributed by atoms with Gasteiger partial charge in [0.05, 0.1) is 25.4 Å². The molecule has 0 amide bonds. The molecule has 2 heterocycles. The molecule has 3 rings (SSSR count). The van der Waals surface area contributed by atoms with Gasteiger partial charge in [0.25, 0.3) is 0 Å². The molecular weight excluding hydrogens is 294 g/mol. The molecule has 1 fully saturated rings. The van der Waals surface area contributed by atoms with Crippen LogP contribution in [0.5, 0.6) is 5.75 Å². The van der Waals surface area contributed by atoms with E-state index in [0.717, 1.165) is 57.9 Å². The Labute approximate surface area is 137 Å². The first kappa shape index (κ1) is 16.7. The first-order valence-corrected chi connectivity index (χ1v) is 8.58. The van der Waals surface area contributed by atoms with Crippen LogP contribution in [0.4, 0.5) is 0 Å². The van der Waals surface area contributed by atoms with E-state index < -0.39 is 0 Å². The number of nitrogens with one attached hydrogen (secondary N) is 1. The Morgan fingerprint density at radius 2 is 2.04 bits per heavy atom. The summed E-state index contributed by atoms with van der Waals surface area (Å²) < 4.78 is 17.1. The van der Waals surface area contributed by atoms with Crippen LogP contribution in [0.1, 0.15) is 30.7 Å². The van der Waals surface area contributed by atoms with Gasteiger partial charge in [-0.05, 0) is 18.1 Å². The van der Waals surface area contributed by atoms with Crippen LogP contribution in [0.15, 0.2) is 24.3 Å². The third-order valence-corrected chi connectivity index (χ3v) is 4.82. The SMILES string of the molecule is OCCOC1(CNCC2CCOc3ccccc32)CCOCC1. The molecule has 2 aliphatic heterocycles. The number of fused-ring (bicyclic) bond motifs is 1. The van der Waals surface area contributed by atoms with Gasteiger partial charge >= 0.3 is 0 Å². The lowest BCUT2D eigenvalue weighted by Crippen LogP contribution is -2.48. The van der Waals surface area contributed by atoms with Gasteiger partial charge in [-0.2, -0.15) is 0 Å². The summed E-state index contributed by atoms with van der Waals surface area (Å²) in [6.07, 6.45) is 2.80. The highest BCUT2D eigenvalue weighted by Crippen LogP contribution is 2.33. The number of benzene rings is 1. The summed E-state index contributed by atoms with van der Waals surface area (Å²) in [6, 6.07) is 8.30. The second-order valence-electron chi connectivity index (χ2n) is 6.37. The summed E-state index contributed by atoms with van der Waals surface area (Å²) >= 11 is 0. The van der Waals surface area contributed by atoms with Gasteiger partial charge in [0.15, 0.2) is 0 Å². The number of hydrogen-bond donors (Lipinski definition) is 2. The molecule has 1 atom stereocenters. The van der Waals surface area contributed by atoms with E-state index in [-0.39, 0.29) is 12.2 Å². The number of aliphatic hydroxyl groups excluding tert-OH is 1. The molecule has 0 radical (unpaired) electrons. The zero-order chi connectivity index (χ0) is 16.0. The van der Waals surface area contributed by atoms with Crippen LogP contribution in [0, 0.1) is 0 Å². The van der Waals surface area contributed by atoms with E-state index in [1.807, 2.05) is 12.1 Å². The second kappa shape index (κ2) is 8.11. The fraction of sp³-hybridized carbons (Fsp3) is 0.667. The maximum atomic E-state index is 9.06. The van der Waals surface area contributed by atoms with Crippen molar-refractivity contribution < 1.29 is 19.3 Å². The smallest absolute Gasteiger partial charge is 0.122 e. The summed E-state index contributed by atoms with van der Waals surface area (Å²) in [6.45, 7) is 4.42. The highest BCUT2D eigenvalue weighted by molar-refractivity contribution is 5.37. The number of ether oxygens (including phenoxy) is 3. The van der Waals surface area contributed by atoms with Gasteiger partial charge in [-0.15, -0.1) is 0 Å². The number of hydrogen-bond acceptors (Lipinski definition) is 5. The van der Waals surface area contributed by atoms with Crippen molar-refractivity contribution in [2.45, 2.75) is 30.8 Å². The molecule has 0 spiro atoms. The maximum absolute atomic E-state index is 9.06. The van der Waals surface area contributed by atoms with Gasteiger partial charge in [0, 0.05) is 45.1 Å². The standard InChI is InChI=1S/C18H27NO4/c20-8-12-23-18(6-10-21-11-7-18)14-19-13-15-5-9-22-17-4-2-1-3-16(15)17/h1-4,15,19-20H,5-14H2. The molecule has 0 aromatic heterocycles. The minimum atomic E-state index is -0.203. The summed E-state index contributed by atoms with van der Waals surface area (Å²) in [5.41, 5.74) is 1.09. The molecule has 128 valence electrons. The van der Waals surface area contributed by atoms with Crippen molar-refractivity contribution in [1.29, 1.82) is 0 Å². The van der Waals surface area contributed by atoms with Gasteiger partial charge in [-0.3, -0.25) is 0 Å². The molecule has 0 bridgehead atoms. The van der Waals surface area contributed by atoms with Crippen LogP contribution in [0.25, 0.3) is 0 Å². The molecular formula is C18H27NO4. The van der Waals surface area contributed by atoms with Crippen molar-refractivity contribution in [3.8, 4) is 5.75 Å². The third kappa shape index (κ3) is 4.23. The Hall–Kier alpha value is -1.14. The summed E-state index contributed by atoms with van der Waals surface area (Å²) in [5.74, 6) is 1.50. The zero-order valence-corrected chi connectivity index (χ0v) is 13.6. The first-order valence-electron chi connectivity index (χ1n) is 8.58. The van der Waals surface area contributed by atoms with Gasteiger partial charge in [-0.1, -0.05) is 18.2 Å². The molecule has 2 N–H and O–H groups in total. The number of para-hydroxylation sites is 1. The largest absolute Gasteiger partial charge is 0.493 e. The van der Waals surface area contributed by atoms with Crippen LogP contribution in [-0.4, -0.2) is 56.8 Å². The minimum Gasteiger partial charge on any atom is -0.493 e. The Morgan fingerprint density at radius 1 is 1.22 bits per heavy atom. The first-order chi connectivity index (χ1) is 11.3. The Balaban J connectivity index is 1.55. The second-order valence-corrected chi connectivity index (χ2v) is 6.37. The van der Waals surface area contributed by atoms with E-state index in [4.69, 9.17) is 19.3 Å². The summed E-state index contributed by atoms with van der Waals surface area (Å²) in [4.78, 5) is 0. The normalized spacial score (nSPS) is 23.1. The Morgan fingerprint density at radius 3 is 2.87 bits per heavy atom. The van der Waals surface area contributed by atoms with Crippen molar-refractivity contribution in [2.24, 2.45) is 0 Å². The van der Waals surface area contributed by atoms with Crippen LogP contribution in [0.2, 0.25) is 0 Å². The van der Waals surface area contributed by atoms with Crippen LogP contribution in [0.3, 0.4) is 0 Å². The van der Waals surface area contributed by atoms with E-state index in [9.17, 15) is 0 Å². The highest BCUT2D eigenvalue weighted by Gasteiger charge is 2.33. The summed E-state index contributed by atoms with van der Waals surface area (Å²) in [7, 11) is 0. The lowest BCUT2D eigenvalue weighted by molar-refractivity contribution is -0.115. The highest BCUT2D eigenvalue weighted by atomic mass is 16.5. The minimum absolute atomic E-state index is 0.0654. The Bertz CT molecular complexity index is 488. The lowest BCUT2D eigenvalue weighted by Gasteiger charge is -2.38. The van der Waals surface area contributed by atoms with E-state index in [1.54, 1.807) is 0 Å². The lowest BCUT2D eigenvalue weighted by atomic mass is 9.91. The topological polar surface area (TPSA) is 60.0 Å². The molecule has 5 nitrogen and oxygen atoms in total. The quantitative estimate of drug-likeness (QED) is 0.800. The van der Waals surface area contributed by atoms with Gasteiger partial charge < -0.3 is 24.6 Å². The molecule has 23 heavy (non-hydrogen) atoms. The molecule has 1 unspecified atom stereocenters. The van der Waals surface area contributed by atoms with Crippen molar-refractivity contribution in [1.82, 2.24) is 5.32 Å². The number of rotatable bonds is 7. The average molecular weight is 321 g/mol. The monoisotopic (exact) mass is 321 g/mol.